The first kappa shape index (κ1) is 11.0. The van der Waals surface area contributed by atoms with Gasteiger partial charge in [-0.1, -0.05) is 12.8 Å². The second-order valence-corrected chi connectivity index (χ2v) is 4.83. The van der Waals surface area contributed by atoms with Crippen LogP contribution in [0.4, 0.5) is 0 Å². The Morgan fingerprint density at radius 3 is 3.00 bits per heavy atom. The van der Waals surface area contributed by atoms with Gasteiger partial charge in [-0.05, 0) is 18.9 Å². The second-order valence-electron chi connectivity index (χ2n) is 4.27. The van der Waals surface area contributed by atoms with Crippen LogP contribution in [0.15, 0.2) is 12.3 Å². The number of halogens is 1. The summed E-state index contributed by atoms with van der Waals surface area (Å²) < 4.78 is 1.83. The molecule has 0 aromatic carbocycles. The molecule has 1 aliphatic carbocycles. The van der Waals surface area contributed by atoms with Crippen LogP contribution in [0.2, 0.25) is 0 Å². The van der Waals surface area contributed by atoms with Gasteiger partial charge in [-0.3, -0.25) is 4.68 Å². The molecule has 4 heteroatoms. The molecule has 1 saturated carbocycles. The Balaban J connectivity index is 1.81. The van der Waals surface area contributed by atoms with E-state index in [4.69, 9.17) is 11.6 Å². The Hall–Kier alpha value is -0.540. The molecule has 0 aliphatic heterocycles. The van der Waals surface area contributed by atoms with Gasteiger partial charge in [0.2, 0.25) is 0 Å². The quantitative estimate of drug-likeness (QED) is 0.802. The average molecular weight is 228 g/mol. The molecule has 2 atom stereocenters. The summed E-state index contributed by atoms with van der Waals surface area (Å²) >= 11 is 6.27. The van der Waals surface area contributed by atoms with E-state index in [0.717, 1.165) is 18.7 Å². The van der Waals surface area contributed by atoms with Crippen molar-refractivity contribution in [3.05, 3.63) is 18.0 Å². The van der Waals surface area contributed by atoms with Crippen LogP contribution in [0.3, 0.4) is 0 Å². The minimum absolute atomic E-state index is 0.294. The van der Waals surface area contributed by atoms with Crippen molar-refractivity contribution in [1.82, 2.24) is 15.1 Å². The summed E-state index contributed by atoms with van der Waals surface area (Å²) in [6.45, 7) is 0.828. The summed E-state index contributed by atoms with van der Waals surface area (Å²) in [6, 6.07) is 2.50. The lowest BCUT2D eigenvalue weighted by molar-refractivity contribution is 0.376. The highest BCUT2D eigenvalue weighted by Gasteiger charge is 2.22. The van der Waals surface area contributed by atoms with Crippen molar-refractivity contribution in [1.29, 1.82) is 0 Å². The molecule has 1 heterocycles. The normalized spacial score (nSPS) is 26.8. The standard InChI is InChI=1S/C11H18ClN3/c1-15-7-6-9(14-15)8-13-11-5-3-2-4-10(11)12/h6-7,10-11,13H,2-5,8H2,1H3. The zero-order valence-electron chi connectivity index (χ0n) is 9.12. The third-order valence-electron chi connectivity index (χ3n) is 3.00. The smallest absolute Gasteiger partial charge is 0.0762 e. The van der Waals surface area contributed by atoms with Crippen molar-refractivity contribution < 1.29 is 0 Å². The number of aryl methyl sites for hydroxylation is 1. The molecule has 2 rings (SSSR count). The monoisotopic (exact) mass is 227 g/mol. The molecule has 0 bridgehead atoms. The number of hydrogen-bond donors (Lipinski definition) is 1. The average Bonchev–Trinajstić information content (AvgIpc) is 2.63. The van der Waals surface area contributed by atoms with Gasteiger partial charge in [0.1, 0.15) is 0 Å². The van der Waals surface area contributed by atoms with Gasteiger partial charge >= 0.3 is 0 Å². The zero-order chi connectivity index (χ0) is 10.7. The molecular formula is C11H18ClN3. The Morgan fingerprint density at radius 1 is 1.53 bits per heavy atom. The minimum atomic E-state index is 0.294. The van der Waals surface area contributed by atoms with Crippen molar-refractivity contribution in [3.8, 4) is 0 Å². The van der Waals surface area contributed by atoms with Crippen LogP contribution >= 0.6 is 11.6 Å². The lowest BCUT2D eigenvalue weighted by Crippen LogP contribution is -2.38. The highest BCUT2D eigenvalue weighted by molar-refractivity contribution is 6.21. The lowest BCUT2D eigenvalue weighted by atomic mass is 9.95. The summed E-state index contributed by atoms with van der Waals surface area (Å²) in [5, 5.41) is 8.12. The maximum absolute atomic E-state index is 6.27. The van der Waals surface area contributed by atoms with Crippen molar-refractivity contribution >= 4 is 11.6 Å². The number of nitrogens with one attached hydrogen (secondary N) is 1. The van der Waals surface area contributed by atoms with Gasteiger partial charge in [0, 0.05) is 31.2 Å². The van der Waals surface area contributed by atoms with Gasteiger partial charge < -0.3 is 5.32 Å². The van der Waals surface area contributed by atoms with Crippen molar-refractivity contribution in [3.63, 3.8) is 0 Å². The fraction of sp³-hybridized carbons (Fsp3) is 0.727. The van der Waals surface area contributed by atoms with Crippen LogP contribution < -0.4 is 5.32 Å². The van der Waals surface area contributed by atoms with E-state index in [9.17, 15) is 0 Å². The van der Waals surface area contributed by atoms with Crippen LogP contribution in [-0.2, 0) is 13.6 Å². The van der Waals surface area contributed by atoms with Crippen molar-refractivity contribution in [2.24, 2.45) is 7.05 Å². The van der Waals surface area contributed by atoms with E-state index in [1.54, 1.807) is 0 Å². The maximum Gasteiger partial charge on any atom is 0.0762 e. The van der Waals surface area contributed by atoms with Gasteiger partial charge in [0.15, 0.2) is 0 Å². The molecule has 0 radical (unpaired) electrons. The predicted octanol–water partition coefficient (Wildman–Crippen LogP) is 2.06. The van der Waals surface area contributed by atoms with Crippen LogP contribution in [0, 0.1) is 0 Å². The highest BCUT2D eigenvalue weighted by atomic mass is 35.5. The third-order valence-corrected chi connectivity index (χ3v) is 3.52. The third kappa shape index (κ3) is 2.95. The van der Waals surface area contributed by atoms with E-state index >= 15 is 0 Å². The molecule has 1 aromatic rings. The molecular weight excluding hydrogens is 210 g/mol. The van der Waals surface area contributed by atoms with Gasteiger partial charge in [-0.25, -0.2) is 0 Å². The van der Waals surface area contributed by atoms with E-state index in [2.05, 4.69) is 10.4 Å². The Kier molecular flexibility index (Phi) is 3.65. The van der Waals surface area contributed by atoms with E-state index < -0.39 is 0 Å². The van der Waals surface area contributed by atoms with Crippen LogP contribution in [0.25, 0.3) is 0 Å². The van der Waals surface area contributed by atoms with Crippen molar-refractivity contribution in [2.45, 2.75) is 43.6 Å². The van der Waals surface area contributed by atoms with Gasteiger partial charge in [0.05, 0.1) is 5.69 Å². The summed E-state index contributed by atoms with van der Waals surface area (Å²) in [4.78, 5) is 0. The number of rotatable bonds is 3. The topological polar surface area (TPSA) is 29.9 Å². The van der Waals surface area contributed by atoms with Gasteiger partial charge in [-0.2, -0.15) is 5.10 Å². The Bertz CT molecular complexity index is 311. The predicted molar refractivity (Wildman–Crippen MR) is 61.9 cm³/mol. The van der Waals surface area contributed by atoms with E-state index in [-0.39, 0.29) is 0 Å². The fourth-order valence-electron chi connectivity index (χ4n) is 2.11. The highest BCUT2D eigenvalue weighted by Crippen LogP contribution is 2.23. The zero-order valence-corrected chi connectivity index (χ0v) is 9.87. The SMILES string of the molecule is Cn1ccc(CNC2CCCCC2Cl)n1. The first-order valence-corrected chi connectivity index (χ1v) is 6.05. The molecule has 0 amide bonds. The molecule has 1 aliphatic rings. The summed E-state index contributed by atoms with van der Waals surface area (Å²) in [5.41, 5.74) is 1.09. The van der Waals surface area contributed by atoms with Gasteiger partial charge in [-0.15, -0.1) is 11.6 Å². The Labute approximate surface area is 95.8 Å². The molecule has 0 spiro atoms. The molecule has 15 heavy (non-hydrogen) atoms. The molecule has 0 saturated heterocycles. The number of hydrogen-bond acceptors (Lipinski definition) is 2. The van der Waals surface area contributed by atoms with Crippen LogP contribution in [-0.4, -0.2) is 21.2 Å². The van der Waals surface area contributed by atoms with Gasteiger partial charge in [0.25, 0.3) is 0 Å². The summed E-state index contributed by atoms with van der Waals surface area (Å²) in [7, 11) is 1.94. The maximum atomic E-state index is 6.27. The number of nitrogens with zero attached hydrogens (tertiary/aromatic N) is 2. The largest absolute Gasteiger partial charge is 0.307 e. The summed E-state index contributed by atoms with van der Waals surface area (Å²) in [5.74, 6) is 0. The molecule has 84 valence electrons. The molecule has 1 N–H and O–H groups in total. The first-order chi connectivity index (χ1) is 7.25. The molecule has 1 aromatic heterocycles. The number of aromatic nitrogens is 2. The van der Waals surface area contributed by atoms with E-state index in [1.807, 2.05) is 24.0 Å². The first-order valence-electron chi connectivity index (χ1n) is 5.61. The molecule has 2 unspecified atom stereocenters. The van der Waals surface area contributed by atoms with Crippen molar-refractivity contribution in [2.75, 3.05) is 0 Å². The lowest BCUT2D eigenvalue weighted by Gasteiger charge is -2.27. The molecule has 3 nitrogen and oxygen atoms in total. The summed E-state index contributed by atoms with van der Waals surface area (Å²) in [6.07, 6.45) is 6.87. The molecule has 1 fully saturated rings. The Morgan fingerprint density at radius 2 is 2.33 bits per heavy atom. The fourth-order valence-corrected chi connectivity index (χ4v) is 2.48. The minimum Gasteiger partial charge on any atom is -0.307 e. The van der Waals surface area contributed by atoms with E-state index in [1.165, 1.54) is 19.3 Å². The van der Waals surface area contributed by atoms with E-state index in [0.29, 0.717) is 11.4 Å². The number of alkyl halides is 1. The van der Waals surface area contributed by atoms with Crippen LogP contribution in [0.1, 0.15) is 31.4 Å². The van der Waals surface area contributed by atoms with Crippen LogP contribution in [0.5, 0.6) is 0 Å². The second kappa shape index (κ2) is 4.99.